The standard InChI is InChI=1S/2C16H13ClF3N5O/c2*1-8(11-4-3-10(5-12(11)17)16(18,19)20)13-7-21-25(24-13)14-6-15(26)23-9(2)22-14/h2*3-8H,1-2H3,(H,22,23,26)/t2*8-/m10/s1. The van der Waals surface area contributed by atoms with Gasteiger partial charge in [0.2, 0.25) is 0 Å². The lowest BCUT2D eigenvalue weighted by atomic mass is 9.97. The Labute approximate surface area is 299 Å². The second-order valence-corrected chi connectivity index (χ2v) is 12.2. The number of hydrogen-bond donors (Lipinski definition) is 2. The third-order valence-electron chi connectivity index (χ3n) is 7.60. The average molecular weight is 768 g/mol. The molecule has 4 heterocycles. The van der Waals surface area contributed by atoms with E-state index in [-0.39, 0.29) is 32.8 Å². The van der Waals surface area contributed by atoms with Crippen LogP contribution in [0.15, 0.2) is 70.5 Å². The summed E-state index contributed by atoms with van der Waals surface area (Å²) in [6.45, 7) is 6.75. The van der Waals surface area contributed by atoms with E-state index in [1.165, 1.54) is 46.3 Å². The quantitative estimate of drug-likeness (QED) is 0.173. The summed E-state index contributed by atoms with van der Waals surface area (Å²) in [4.78, 5) is 38.7. The smallest absolute Gasteiger partial charge is 0.311 e. The van der Waals surface area contributed by atoms with E-state index >= 15 is 0 Å². The fraction of sp³-hybridized carbons (Fsp3) is 0.250. The van der Waals surface area contributed by atoms with Crippen molar-refractivity contribution in [2.45, 2.75) is 51.9 Å². The lowest BCUT2D eigenvalue weighted by Gasteiger charge is -2.13. The third kappa shape index (κ3) is 8.74. The van der Waals surface area contributed by atoms with Crippen LogP contribution in [-0.4, -0.2) is 49.9 Å². The highest BCUT2D eigenvalue weighted by Gasteiger charge is 2.32. The maximum absolute atomic E-state index is 12.8. The van der Waals surface area contributed by atoms with E-state index in [4.69, 9.17) is 23.2 Å². The number of aromatic amines is 2. The number of halogens is 8. The van der Waals surface area contributed by atoms with E-state index in [0.717, 1.165) is 24.3 Å². The molecule has 0 aliphatic rings. The van der Waals surface area contributed by atoms with Crippen molar-refractivity contribution >= 4 is 23.2 Å². The van der Waals surface area contributed by atoms with Crippen LogP contribution < -0.4 is 11.1 Å². The van der Waals surface area contributed by atoms with Crippen LogP contribution in [0.5, 0.6) is 0 Å². The zero-order valence-corrected chi connectivity index (χ0v) is 28.9. The number of hydrogen-bond acceptors (Lipinski definition) is 8. The van der Waals surface area contributed by atoms with Crippen LogP contribution in [0.1, 0.15) is 71.0 Å². The fourth-order valence-corrected chi connectivity index (χ4v) is 5.62. The van der Waals surface area contributed by atoms with Crippen molar-refractivity contribution in [2.24, 2.45) is 0 Å². The number of nitrogens with zero attached hydrogens (tertiary/aromatic N) is 8. The van der Waals surface area contributed by atoms with Gasteiger partial charge in [-0.2, -0.15) is 46.7 Å². The Morgan fingerprint density at radius 2 is 1.00 bits per heavy atom. The van der Waals surface area contributed by atoms with E-state index in [2.05, 4.69) is 40.3 Å². The number of aryl methyl sites for hydroxylation is 2. The van der Waals surface area contributed by atoms with Gasteiger partial charge in [0, 0.05) is 21.9 Å². The first-order valence-corrected chi connectivity index (χ1v) is 15.8. The Hall–Kier alpha value is -5.36. The van der Waals surface area contributed by atoms with E-state index in [0.29, 0.717) is 34.2 Å². The van der Waals surface area contributed by atoms with E-state index < -0.39 is 35.3 Å². The topological polar surface area (TPSA) is 153 Å². The molecule has 20 heteroatoms. The molecule has 0 spiro atoms. The average Bonchev–Trinajstić information content (AvgIpc) is 3.74. The number of alkyl halides is 6. The van der Waals surface area contributed by atoms with E-state index in [9.17, 15) is 35.9 Å². The van der Waals surface area contributed by atoms with Gasteiger partial charge in [-0.15, -0.1) is 9.59 Å². The molecule has 0 aliphatic carbocycles. The zero-order chi connectivity index (χ0) is 38.1. The zero-order valence-electron chi connectivity index (χ0n) is 27.3. The summed E-state index contributed by atoms with van der Waals surface area (Å²) in [5, 5.41) is 16.6. The summed E-state index contributed by atoms with van der Waals surface area (Å²) in [6, 6.07) is 8.86. The molecule has 272 valence electrons. The van der Waals surface area contributed by atoms with Crippen molar-refractivity contribution in [1.29, 1.82) is 0 Å². The van der Waals surface area contributed by atoms with Crippen LogP contribution in [0.4, 0.5) is 26.3 Å². The molecule has 12 nitrogen and oxygen atoms in total. The van der Waals surface area contributed by atoms with Gasteiger partial charge in [-0.05, 0) is 49.2 Å². The van der Waals surface area contributed by atoms with Crippen LogP contribution in [0.3, 0.4) is 0 Å². The third-order valence-corrected chi connectivity index (χ3v) is 8.25. The molecule has 6 aromatic rings. The van der Waals surface area contributed by atoms with Crippen LogP contribution >= 0.6 is 23.2 Å². The first-order valence-electron chi connectivity index (χ1n) is 15.0. The molecule has 2 aromatic carbocycles. The van der Waals surface area contributed by atoms with Crippen molar-refractivity contribution < 1.29 is 26.3 Å². The molecule has 0 radical (unpaired) electrons. The monoisotopic (exact) mass is 766 g/mol. The highest BCUT2D eigenvalue weighted by atomic mass is 35.5. The van der Waals surface area contributed by atoms with Crippen molar-refractivity contribution in [3.8, 4) is 11.6 Å². The van der Waals surface area contributed by atoms with E-state index in [1.54, 1.807) is 27.7 Å². The Kier molecular flexibility index (Phi) is 10.7. The fourth-order valence-electron chi connectivity index (χ4n) is 4.93. The highest BCUT2D eigenvalue weighted by Crippen LogP contribution is 2.37. The van der Waals surface area contributed by atoms with Gasteiger partial charge in [-0.1, -0.05) is 49.2 Å². The van der Waals surface area contributed by atoms with Crippen molar-refractivity contribution in [3.05, 3.63) is 137 Å². The van der Waals surface area contributed by atoms with Gasteiger partial charge in [-0.3, -0.25) is 9.59 Å². The van der Waals surface area contributed by atoms with Gasteiger partial charge >= 0.3 is 12.4 Å². The van der Waals surface area contributed by atoms with Gasteiger partial charge in [0.1, 0.15) is 11.6 Å². The van der Waals surface area contributed by atoms with Crippen LogP contribution in [0.25, 0.3) is 11.6 Å². The first kappa shape index (κ1) is 37.9. The van der Waals surface area contributed by atoms with Crippen LogP contribution in [0, 0.1) is 13.8 Å². The molecular weight excluding hydrogens is 741 g/mol. The summed E-state index contributed by atoms with van der Waals surface area (Å²) < 4.78 is 76.6. The molecule has 52 heavy (non-hydrogen) atoms. The predicted molar refractivity (Wildman–Crippen MR) is 177 cm³/mol. The van der Waals surface area contributed by atoms with Crippen molar-refractivity contribution in [2.75, 3.05) is 0 Å². The molecule has 2 N–H and O–H groups in total. The van der Waals surface area contributed by atoms with Crippen LogP contribution in [-0.2, 0) is 12.4 Å². The molecule has 6 rings (SSSR count). The normalized spacial score (nSPS) is 13.0. The maximum atomic E-state index is 12.8. The minimum Gasteiger partial charge on any atom is -0.311 e. The Bertz CT molecular complexity index is 2190. The number of benzene rings is 2. The summed E-state index contributed by atoms with van der Waals surface area (Å²) in [6.07, 6.45) is -6.01. The summed E-state index contributed by atoms with van der Waals surface area (Å²) in [7, 11) is 0. The Balaban J connectivity index is 0.000000201. The number of aromatic nitrogens is 10. The molecule has 0 amide bonds. The molecule has 2 atom stereocenters. The number of rotatable bonds is 6. The number of nitrogens with one attached hydrogen (secondary N) is 2. The number of H-pyrrole nitrogens is 2. The molecule has 0 bridgehead atoms. The Morgan fingerprint density at radius 1 is 0.635 bits per heavy atom. The minimum absolute atomic E-state index is 0.00741. The lowest BCUT2D eigenvalue weighted by Crippen LogP contribution is -2.13. The Morgan fingerprint density at radius 3 is 1.31 bits per heavy atom. The maximum Gasteiger partial charge on any atom is 0.416 e. The first-order chi connectivity index (χ1) is 24.3. The summed E-state index contributed by atoms with van der Waals surface area (Å²) in [5.41, 5.74) is -0.382. The lowest BCUT2D eigenvalue weighted by molar-refractivity contribution is -0.138. The second-order valence-electron chi connectivity index (χ2n) is 11.4. The van der Waals surface area contributed by atoms with Crippen LogP contribution in [0.2, 0.25) is 10.0 Å². The molecular formula is C32H26Cl2F6N10O2. The second kappa shape index (κ2) is 14.7. The molecule has 0 aliphatic heterocycles. The predicted octanol–water partition coefficient (Wildman–Crippen LogP) is 6.97. The van der Waals surface area contributed by atoms with E-state index in [1.807, 2.05) is 0 Å². The largest absolute Gasteiger partial charge is 0.416 e. The van der Waals surface area contributed by atoms with Gasteiger partial charge in [-0.25, -0.2) is 9.97 Å². The summed E-state index contributed by atoms with van der Waals surface area (Å²) in [5.74, 6) is 0.491. The minimum atomic E-state index is -4.46. The highest BCUT2D eigenvalue weighted by molar-refractivity contribution is 6.31. The molecule has 0 fully saturated rings. The van der Waals surface area contributed by atoms with Gasteiger partial charge in [0.15, 0.2) is 11.6 Å². The van der Waals surface area contributed by atoms with Crippen molar-refractivity contribution in [3.63, 3.8) is 0 Å². The molecule has 4 aromatic heterocycles. The van der Waals surface area contributed by atoms with Gasteiger partial charge in [0.05, 0.1) is 47.0 Å². The SMILES string of the molecule is Cc1nc(-n2ncc([C@@H](C)c3ccc(C(F)(F)F)cc3Cl)n2)cc(=O)[nH]1.Cc1nc(-n2ncc([C@H](C)c3ccc(C(F)(F)F)cc3Cl)n2)cc(=O)[nH]1. The van der Waals surface area contributed by atoms with Gasteiger partial charge < -0.3 is 9.97 Å². The molecule has 0 saturated carbocycles. The van der Waals surface area contributed by atoms with Gasteiger partial charge in [0.25, 0.3) is 11.1 Å². The molecule has 0 saturated heterocycles. The van der Waals surface area contributed by atoms with Crippen molar-refractivity contribution in [1.82, 2.24) is 49.9 Å². The summed E-state index contributed by atoms with van der Waals surface area (Å²) >= 11 is 12.1. The molecule has 0 unspecified atom stereocenters.